The lowest BCUT2D eigenvalue weighted by atomic mass is 9.88. The van der Waals surface area contributed by atoms with Crippen molar-refractivity contribution in [3.63, 3.8) is 0 Å². The predicted octanol–water partition coefficient (Wildman–Crippen LogP) is 2.53. The average molecular weight is 300 g/mol. The number of hydrogen-bond donors (Lipinski definition) is 2. The Labute approximate surface area is 129 Å². The minimum absolute atomic E-state index is 0.0985. The van der Waals surface area contributed by atoms with Gasteiger partial charge in [0.05, 0.1) is 12.6 Å². The molecule has 124 valence electrons. The summed E-state index contributed by atoms with van der Waals surface area (Å²) in [5.74, 6) is 0. The van der Waals surface area contributed by atoms with E-state index in [4.69, 9.17) is 9.84 Å². The number of aliphatic hydroxyl groups is 1. The SMILES string of the molecule is CC(C)N(C(=O)OC(C)(C)C)[C@@H]1CCCC[C@H]1NCCO. The molecule has 1 rings (SSSR count). The quantitative estimate of drug-likeness (QED) is 0.819. The maximum Gasteiger partial charge on any atom is 0.410 e. The Bertz CT molecular complexity index is 326. The van der Waals surface area contributed by atoms with Crippen molar-refractivity contribution < 1.29 is 14.6 Å². The third kappa shape index (κ3) is 5.83. The molecule has 0 unspecified atom stereocenters. The molecule has 0 aromatic rings. The number of hydrogen-bond acceptors (Lipinski definition) is 4. The van der Waals surface area contributed by atoms with Crippen LogP contribution in [0.3, 0.4) is 0 Å². The predicted molar refractivity (Wildman–Crippen MR) is 84.3 cm³/mol. The van der Waals surface area contributed by atoms with Gasteiger partial charge >= 0.3 is 6.09 Å². The van der Waals surface area contributed by atoms with Crippen molar-refractivity contribution in [2.45, 2.75) is 84.0 Å². The van der Waals surface area contributed by atoms with E-state index in [2.05, 4.69) is 5.32 Å². The molecule has 1 saturated carbocycles. The number of nitrogens with zero attached hydrogens (tertiary/aromatic N) is 1. The van der Waals surface area contributed by atoms with Gasteiger partial charge in [-0.25, -0.2) is 4.79 Å². The van der Waals surface area contributed by atoms with Crippen LogP contribution < -0.4 is 5.32 Å². The van der Waals surface area contributed by atoms with Crippen LogP contribution in [-0.4, -0.2) is 53.0 Å². The summed E-state index contributed by atoms with van der Waals surface area (Å²) in [6.45, 7) is 10.4. The van der Waals surface area contributed by atoms with Crippen LogP contribution >= 0.6 is 0 Å². The van der Waals surface area contributed by atoms with E-state index < -0.39 is 5.60 Å². The molecule has 0 aliphatic heterocycles. The third-order valence-corrected chi connectivity index (χ3v) is 3.77. The Morgan fingerprint density at radius 1 is 1.33 bits per heavy atom. The van der Waals surface area contributed by atoms with Crippen LogP contribution in [0.1, 0.15) is 60.3 Å². The molecule has 0 heterocycles. The van der Waals surface area contributed by atoms with Crippen LogP contribution in [0.15, 0.2) is 0 Å². The minimum atomic E-state index is -0.479. The highest BCUT2D eigenvalue weighted by atomic mass is 16.6. The summed E-state index contributed by atoms with van der Waals surface area (Å²) >= 11 is 0. The molecule has 2 N–H and O–H groups in total. The number of carbonyl (C=O) groups excluding carboxylic acids is 1. The van der Waals surface area contributed by atoms with Gasteiger partial charge in [-0.05, 0) is 47.5 Å². The maximum absolute atomic E-state index is 12.5. The second-order valence-electron chi connectivity index (χ2n) is 7.12. The zero-order valence-corrected chi connectivity index (χ0v) is 14.2. The van der Waals surface area contributed by atoms with Gasteiger partial charge in [-0.15, -0.1) is 0 Å². The lowest BCUT2D eigenvalue weighted by Gasteiger charge is -2.42. The molecule has 0 radical (unpaired) electrons. The summed E-state index contributed by atoms with van der Waals surface area (Å²) in [7, 11) is 0. The van der Waals surface area contributed by atoms with Crippen molar-refractivity contribution >= 4 is 6.09 Å². The van der Waals surface area contributed by atoms with E-state index in [1.165, 1.54) is 6.42 Å². The first kappa shape index (κ1) is 18.2. The van der Waals surface area contributed by atoms with Crippen molar-refractivity contribution in [1.82, 2.24) is 10.2 Å². The van der Waals surface area contributed by atoms with Crippen LogP contribution in [0.2, 0.25) is 0 Å². The van der Waals surface area contributed by atoms with Crippen LogP contribution in [0.5, 0.6) is 0 Å². The van der Waals surface area contributed by atoms with E-state index in [-0.39, 0.29) is 30.8 Å². The van der Waals surface area contributed by atoms with E-state index in [1.807, 2.05) is 39.5 Å². The number of carbonyl (C=O) groups is 1. The van der Waals surface area contributed by atoms with Gasteiger partial charge in [-0.1, -0.05) is 12.8 Å². The summed E-state index contributed by atoms with van der Waals surface area (Å²) in [6.07, 6.45) is 4.09. The Morgan fingerprint density at radius 2 is 1.95 bits per heavy atom. The molecule has 2 atom stereocenters. The van der Waals surface area contributed by atoms with Crippen molar-refractivity contribution in [2.24, 2.45) is 0 Å². The Balaban J connectivity index is 2.83. The molecule has 21 heavy (non-hydrogen) atoms. The van der Waals surface area contributed by atoms with Gasteiger partial charge in [0.2, 0.25) is 0 Å². The molecule has 0 bridgehead atoms. The molecule has 1 aliphatic carbocycles. The van der Waals surface area contributed by atoms with Crippen molar-refractivity contribution in [2.75, 3.05) is 13.2 Å². The molecule has 0 spiro atoms. The van der Waals surface area contributed by atoms with Gasteiger partial charge in [0.15, 0.2) is 0 Å². The van der Waals surface area contributed by atoms with E-state index in [0.29, 0.717) is 6.54 Å². The molecule has 5 nitrogen and oxygen atoms in total. The molecule has 1 fully saturated rings. The lowest BCUT2D eigenvalue weighted by Crippen LogP contribution is -2.57. The number of rotatable bonds is 5. The fourth-order valence-corrected chi connectivity index (χ4v) is 2.98. The molecule has 0 saturated heterocycles. The molecule has 0 aromatic carbocycles. The Morgan fingerprint density at radius 3 is 2.48 bits per heavy atom. The van der Waals surface area contributed by atoms with Crippen molar-refractivity contribution in [1.29, 1.82) is 0 Å². The normalized spacial score (nSPS) is 23.2. The molecule has 1 aliphatic rings. The highest BCUT2D eigenvalue weighted by Crippen LogP contribution is 2.26. The third-order valence-electron chi connectivity index (χ3n) is 3.77. The van der Waals surface area contributed by atoms with Crippen LogP contribution in [0.25, 0.3) is 0 Å². The summed E-state index contributed by atoms with van der Waals surface area (Å²) in [5.41, 5.74) is -0.479. The van der Waals surface area contributed by atoms with Gasteiger partial charge in [0, 0.05) is 18.6 Å². The van der Waals surface area contributed by atoms with Crippen molar-refractivity contribution in [3.05, 3.63) is 0 Å². The molecule has 1 amide bonds. The summed E-state index contributed by atoms with van der Waals surface area (Å²) in [4.78, 5) is 14.4. The average Bonchev–Trinajstić information content (AvgIpc) is 2.35. The summed E-state index contributed by atoms with van der Waals surface area (Å²) < 4.78 is 5.58. The minimum Gasteiger partial charge on any atom is -0.444 e. The maximum atomic E-state index is 12.5. The monoisotopic (exact) mass is 300 g/mol. The zero-order chi connectivity index (χ0) is 16.0. The fraction of sp³-hybridized carbons (Fsp3) is 0.938. The molecular weight excluding hydrogens is 268 g/mol. The standard InChI is InChI=1S/C16H32N2O3/c1-12(2)18(15(20)21-16(3,4)5)14-9-7-6-8-13(14)17-10-11-19/h12-14,17,19H,6-11H2,1-5H3/t13-,14-/m1/s1. The topological polar surface area (TPSA) is 61.8 Å². The highest BCUT2D eigenvalue weighted by molar-refractivity contribution is 5.69. The van der Waals surface area contributed by atoms with Crippen LogP contribution in [0.4, 0.5) is 4.79 Å². The largest absolute Gasteiger partial charge is 0.444 e. The van der Waals surface area contributed by atoms with E-state index >= 15 is 0 Å². The molecule has 0 aromatic heterocycles. The second-order valence-corrected chi connectivity index (χ2v) is 7.12. The fourth-order valence-electron chi connectivity index (χ4n) is 2.98. The molecular formula is C16H32N2O3. The smallest absolute Gasteiger partial charge is 0.410 e. The Hall–Kier alpha value is -0.810. The van der Waals surface area contributed by atoms with Crippen LogP contribution in [0, 0.1) is 0 Å². The number of ether oxygens (including phenoxy) is 1. The summed E-state index contributed by atoms with van der Waals surface area (Å²) in [6, 6.07) is 0.474. The van der Waals surface area contributed by atoms with E-state index in [1.54, 1.807) is 0 Å². The number of nitrogens with one attached hydrogen (secondary N) is 1. The lowest BCUT2D eigenvalue weighted by molar-refractivity contribution is -0.00116. The highest BCUT2D eigenvalue weighted by Gasteiger charge is 2.36. The van der Waals surface area contributed by atoms with Crippen molar-refractivity contribution in [3.8, 4) is 0 Å². The van der Waals surface area contributed by atoms with Gasteiger partial charge < -0.3 is 20.1 Å². The summed E-state index contributed by atoms with van der Waals surface area (Å²) in [5, 5.41) is 12.4. The first-order chi connectivity index (χ1) is 9.76. The molecule has 5 heteroatoms. The van der Waals surface area contributed by atoms with Crippen LogP contribution in [-0.2, 0) is 4.74 Å². The van der Waals surface area contributed by atoms with Gasteiger partial charge in [-0.3, -0.25) is 0 Å². The number of aliphatic hydroxyl groups excluding tert-OH is 1. The van der Waals surface area contributed by atoms with E-state index in [0.717, 1.165) is 19.3 Å². The number of amides is 1. The van der Waals surface area contributed by atoms with Gasteiger partial charge in [0.1, 0.15) is 5.60 Å². The Kier molecular flexibility index (Phi) is 6.94. The van der Waals surface area contributed by atoms with Gasteiger partial charge in [-0.2, -0.15) is 0 Å². The van der Waals surface area contributed by atoms with Gasteiger partial charge in [0.25, 0.3) is 0 Å². The zero-order valence-electron chi connectivity index (χ0n) is 14.2. The second kappa shape index (κ2) is 7.99. The first-order valence-corrected chi connectivity index (χ1v) is 8.12. The van der Waals surface area contributed by atoms with E-state index in [9.17, 15) is 4.79 Å². The first-order valence-electron chi connectivity index (χ1n) is 8.12.